The van der Waals surface area contributed by atoms with Gasteiger partial charge in [-0.25, -0.2) is 0 Å². The molecule has 1 saturated heterocycles. The second-order valence-electron chi connectivity index (χ2n) is 4.30. The van der Waals surface area contributed by atoms with Gasteiger partial charge in [0.1, 0.15) is 5.75 Å². The second-order valence-corrected chi connectivity index (χ2v) is 4.30. The minimum absolute atomic E-state index is 0. The van der Waals surface area contributed by atoms with Gasteiger partial charge in [-0.2, -0.15) is 4.98 Å². The summed E-state index contributed by atoms with van der Waals surface area (Å²) in [7, 11) is 0. The first-order valence-electron chi connectivity index (χ1n) is 6.15. The van der Waals surface area contributed by atoms with Crippen molar-refractivity contribution in [3.8, 4) is 5.75 Å². The van der Waals surface area contributed by atoms with Gasteiger partial charge < -0.3 is 14.6 Å². The Bertz CT molecular complexity index is 498. The Morgan fingerprint density at radius 2 is 2.16 bits per heavy atom. The van der Waals surface area contributed by atoms with E-state index in [-0.39, 0.29) is 18.4 Å². The highest BCUT2D eigenvalue weighted by Crippen LogP contribution is 2.21. The van der Waals surface area contributed by atoms with Crippen LogP contribution in [0.5, 0.6) is 5.75 Å². The number of nitrogens with one attached hydrogen (secondary N) is 1. The lowest BCUT2D eigenvalue weighted by atomic mass is 10.2. The Hall–Kier alpha value is -1.59. The maximum absolute atomic E-state index is 5.56. The molecule has 0 bridgehead atoms. The fourth-order valence-electron chi connectivity index (χ4n) is 2.03. The van der Waals surface area contributed by atoms with Crippen molar-refractivity contribution in [3.05, 3.63) is 42.0 Å². The normalized spacial score (nSPS) is 18.0. The number of benzene rings is 1. The molecule has 102 valence electrons. The number of nitrogens with zero attached hydrogens (tertiary/aromatic N) is 2. The predicted molar refractivity (Wildman–Crippen MR) is 72.3 cm³/mol. The highest BCUT2D eigenvalue weighted by atomic mass is 35.5. The summed E-state index contributed by atoms with van der Waals surface area (Å²) in [6.45, 7) is 1.35. The lowest BCUT2D eigenvalue weighted by Gasteiger charge is -2.02. The Labute approximate surface area is 117 Å². The van der Waals surface area contributed by atoms with Gasteiger partial charge in [0, 0.05) is 0 Å². The van der Waals surface area contributed by atoms with Gasteiger partial charge >= 0.3 is 0 Å². The van der Waals surface area contributed by atoms with E-state index in [2.05, 4.69) is 15.5 Å². The van der Waals surface area contributed by atoms with Crippen LogP contribution in [0.25, 0.3) is 0 Å². The smallest absolute Gasteiger partial charge is 0.243 e. The number of hydrogen-bond acceptors (Lipinski definition) is 5. The van der Waals surface area contributed by atoms with Gasteiger partial charge in [-0.1, -0.05) is 23.4 Å². The average molecular weight is 282 g/mol. The fourth-order valence-corrected chi connectivity index (χ4v) is 2.03. The first-order valence-corrected chi connectivity index (χ1v) is 6.15. The minimum Gasteiger partial charge on any atom is -0.485 e. The van der Waals surface area contributed by atoms with Crippen LogP contribution >= 0.6 is 12.4 Å². The van der Waals surface area contributed by atoms with E-state index in [9.17, 15) is 0 Å². The summed E-state index contributed by atoms with van der Waals surface area (Å²) in [5, 5.41) is 7.25. The molecule has 0 spiro atoms. The molecule has 0 unspecified atom stereocenters. The minimum atomic E-state index is 0. The lowest BCUT2D eigenvalue weighted by Crippen LogP contribution is -2.13. The average Bonchev–Trinajstić information content (AvgIpc) is 3.08. The van der Waals surface area contributed by atoms with Gasteiger partial charge in [-0.15, -0.1) is 12.4 Å². The van der Waals surface area contributed by atoms with Crippen LogP contribution in [0.1, 0.15) is 30.6 Å². The molecule has 2 heterocycles. The fraction of sp³-hybridized carbons (Fsp3) is 0.385. The second kappa shape index (κ2) is 6.54. The molecular weight excluding hydrogens is 266 g/mol. The zero-order valence-corrected chi connectivity index (χ0v) is 11.2. The van der Waals surface area contributed by atoms with Gasteiger partial charge in [0.15, 0.2) is 6.61 Å². The van der Waals surface area contributed by atoms with Crippen molar-refractivity contribution in [2.45, 2.75) is 25.5 Å². The van der Waals surface area contributed by atoms with Crippen molar-refractivity contribution < 1.29 is 9.26 Å². The summed E-state index contributed by atoms with van der Waals surface area (Å²) in [4.78, 5) is 4.34. The standard InChI is InChI=1S/C13H15N3O2.ClH/c1-2-5-10(6-3-1)17-9-12-15-13(18-16-12)11-7-4-8-14-11;/h1-3,5-6,11,14H,4,7-9H2;1H/t11-;/m0./s1. The predicted octanol–water partition coefficient (Wildman–Crippen LogP) is 2.49. The van der Waals surface area contributed by atoms with E-state index in [0.29, 0.717) is 18.3 Å². The number of para-hydroxylation sites is 1. The van der Waals surface area contributed by atoms with Gasteiger partial charge in [0.25, 0.3) is 0 Å². The van der Waals surface area contributed by atoms with Crippen LogP contribution in [-0.4, -0.2) is 16.7 Å². The van der Waals surface area contributed by atoms with Crippen LogP contribution in [0, 0.1) is 0 Å². The van der Waals surface area contributed by atoms with Crippen molar-refractivity contribution in [2.24, 2.45) is 0 Å². The van der Waals surface area contributed by atoms with Crippen LogP contribution in [-0.2, 0) is 6.61 Å². The summed E-state index contributed by atoms with van der Waals surface area (Å²) >= 11 is 0. The SMILES string of the molecule is Cl.c1ccc(OCc2noc([C@@H]3CCCN3)n2)cc1. The van der Waals surface area contributed by atoms with Gasteiger partial charge in [0.2, 0.25) is 11.7 Å². The molecule has 1 atom stereocenters. The largest absolute Gasteiger partial charge is 0.485 e. The molecule has 5 nitrogen and oxygen atoms in total. The summed E-state index contributed by atoms with van der Waals surface area (Å²) in [5.74, 6) is 2.06. The number of hydrogen-bond donors (Lipinski definition) is 1. The van der Waals surface area contributed by atoms with E-state index in [0.717, 1.165) is 25.1 Å². The van der Waals surface area contributed by atoms with Crippen LogP contribution < -0.4 is 10.1 Å². The molecule has 2 aromatic rings. The summed E-state index contributed by atoms with van der Waals surface area (Å²) in [5.41, 5.74) is 0. The molecule has 0 amide bonds. The molecule has 19 heavy (non-hydrogen) atoms. The topological polar surface area (TPSA) is 60.2 Å². The first-order chi connectivity index (χ1) is 8.92. The summed E-state index contributed by atoms with van der Waals surface area (Å²) < 4.78 is 10.8. The van der Waals surface area contributed by atoms with Crippen molar-refractivity contribution in [2.75, 3.05) is 6.54 Å². The quantitative estimate of drug-likeness (QED) is 0.933. The highest BCUT2D eigenvalue weighted by molar-refractivity contribution is 5.85. The monoisotopic (exact) mass is 281 g/mol. The number of rotatable bonds is 4. The molecular formula is C13H16ClN3O2. The first kappa shape index (κ1) is 13.8. The van der Waals surface area contributed by atoms with Crippen molar-refractivity contribution in [1.29, 1.82) is 0 Å². The maximum atomic E-state index is 5.56. The molecule has 0 aliphatic carbocycles. The van der Waals surface area contributed by atoms with Crippen molar-refractivity contribution >= 4 is 12.4 Å². The third-order valence-corrected chi connectivity index (χ3v) is 2.95. The molecule has 1 aliphatic rings. The van der Waals surface area contributed by atoms with Gasteiger partial charge in [-0.3, -0.25) is 0 Å². The third kappa shape index (κ3) is 3.45. The Morgan fingerprint density at radius 1 is 1.32 bits per heavy atom. The van der Waals surface area contributed by atoms with E-state index in [1.54, 1.807) is 0 Å². The van der Waals surface area contributed by atoms with Gasteiger partial charge in [0.05, 0.1) is 6.04 Å². The van der Waals surface area contributed by atoms with E-state index in [1.807, 2.05) is 30.3 Å². The van der Waals surface area contributed by atoms with E-state index in [1.165, 1.54) is 0 Å². The Balaban J connectivity index is 0.00000133. The lowest BCUT2D eigenvalue weighted by molar-refractivity contribution is 0.283. The third-order valence-electron chi connectivity index (χ3n) is 2.95. The highest BCUT2D eigenvalue weighted by Gasteiger charge is 2.22. The van der Waals surface area contributed by atoms with Crippen LogP contribution in [0.15, 0.2) is 34.9 Å². The van der Waals surface area contributed by atoms with Crippen LogP contribution in [0.2, 0.25) is 0 Å². The maximum Gasteiger partial charge on any atom is 0.243 e. The van der Waals surface area contributed by atoms with E-state index < -0.39 is 0 Å². The molecule has 6 heteroatoms. The van der Waals surface area contributed by atoms with Crippen molar-refractivity contribution in [1.82, 2.24) is 15.5 Å². The summed E-state index contributed by atoms with van der Waals surface area (Å²) in [6.07, 6.45) is 2.21. The molecule has 0 radical (unpaired) electrons. The molecule has 3 rings (SSSR count). The zero-order chi connectivity index (χ0) is 12.2. The van der Waals surface area contributed by atoms with Crippen LogP contribution in [0.4, 0.5) is 0 Å². The molecule has 1 aromatic carbocycles. The Morgan fingerprint density at radius 3 is 2.89 bits per heavy atom. The van der Waals surface area contributed by atoms with E-state index >= 15 is 0 Å². The summed E-state index contributed by atoms with van der Waals surface area (Å²) in [6, 6.07) is 9.83. The molecule has 0 saturated carbocycles. The van der Waals surface area contributed by atoms with Crippen LogP contribution in [0.3, 0.4) is 0 Å². The number of aromatic nitrogens is 2. The zero-order valence-electron chi connectivity index (χ0n) is 10.4. The molecule has 1 N–H and O–H groups in total. The molecule has 1 fully saturated rings. The van der Waals surface area contributed by atoms with Gasteiger partial charge in [-0.05, 0) is 31.5 Å². The number of halogens is 1. The molecule has 1 aromatic heterocycles. The Kier molecular flexibility index (Phi) is 4.76. The van der Waals surface area contributed by atoms with E-state index in [4.69, 9.17) is 9.26 Å². The molecule has 1 aliphatic heterocycles. The number of ether oxygens (including phenoxy) is 1. The van der Waals surface area contributed by atoms with Crippen molar-refractivity contribution in [3.63, 3.8) is 0 Å².